The number of anilines is 1. The molecule has 3 nitrogen and oxygen atoms in total. The fourth-order valence-corrected chi connectivity index (χ4v) is 2.34. The molecule has 92 valence electrons. The van der Waals surface area contributed by atoms with Gasteiger partial charge in [-0.15, -0.1) is 11.3 Å². The van der Waals surface area contributed by atoms with Crippen LogP contribution in [0.1, 0.15) is 38.5 Å². The lowest BCUT2D eigenvalue weighted by molar-refractivity contribution is 0.662. The second-order valence-electron chi connectivity index (χ2n) is 4.15. The largest absolute Gasteiger partial charge is 0.348 e. The van der Waals surface area contributed by atoms with Crippen molar-refractivity contribution in [2.24, 2.45) is 0 Å². The second kappa shape index (κ2) is 6.86. The van der Waals surface area contributed by atoms with Gasteiger partial charge in [-0.25, -0.2) is 4.98 Å². The van der Waals surface area contributed by atoms with Crippen LogP contribution in [0.25, 0.3) is 0 Å². The monoisotopic (exact) mass is 241 g/mol. The molecule has 0 saturated carbocycles. The molecule has 1 aromatic rings. The summed E-state index contributed by atoms with van der Waals surface area (Å²) < 4.78 is 0. The van der Waals surface area contributed by atoms with Gasteiger partial charge in [-0.2, -0.15) is 0 Å². The minimum absolute atomic E-state index is 0.558. The van der Waals surface area contributed by atoms with Crippen molar-refractivity contribution in [1.29, 1.82) is 0 Å². The fourth-order valence-electron chi connectivity index (χ4n) is 1.39. The molecule has 0 aliphatic carbocycles. The van der Waals surface area contributed by atoms with Crippen LogP contribution in [0.15, 0.2) is 6.20 Å². The maximum atomic E-state index is 4.47. The fraction of sp³-hybridized carbons (Fsp3) is 0.750. The van der Waals surface area contributed by atoms with Gasteiger partial charge in [0.05, 0.1) is 0 Å². The van der Waals surface area contributed by atoms with E-state index >= 15 is 0 Å². The Bertz CT molecular complexity index is 298. The Morgan fingerprint density at radius 3 is 2.88 bits per heavy atom. The van der Waals surface area contributed by atoms with E-state index in [1.54, 1.807) is 11.3 Å². The third-order valence-corrected chi connectivity index (χ3v) is 3.91. The van der Waals surface area contributed by atoms with Crippen molar-refractivity contribution in [2.75, 3.05) is 18.5 Å². The zero-order valence-corrected chi connectivity index (χ0v) is 11.6. The number of hydrogen-bond donors (Lipinski definition) is 1. The summed E-state index contributed by atoms with van der Waals surface area (Å²) >= 11 is 1.79. The van der Waals surface area contributed by atoms with Crippen molar-refractivity contribution < 1.29 is 0 Å². The van der Waals surface area contributed by atoms with Crippen molar-refractivity contribution in [3.05, 3.63) is 11.1 Å². The third-order valence-electron chi connectivity index (χ3n) is 2.82. The molecule has 4 heteroatoms. The molecular formula is C12H23N3S. The van der Waals surface area contributed by atoms with Crippen molar-refractivity contribution in [1.82, 2.24) is 10.3 Å². The van der Waals surface area contributed by atoms with Gasteiger partial charge in [-0.05, 0) is 26.3 Å². The molecule has 1 aromatic heterocycles. The average molecular weight is 241 g/mol. The van der Waals surface area contributed by atoms with E-state index < -0.39 is 0 Å². The maximum absolute atomic E-state index is 4.47. The molecule has 0 aliphatic rings. The van der Waals surface area contributed by atoms with E-state index in [1.807, 2.05) is 6.20 Å². The van der Waals surface area contributed by atoms with Crippen molar-refractivity contribution in [2.45, 2.75) is 46.2 Å². The molecule has 16 heavy (non-hydrogen) atoms. The van der Waals surface area contributed by atoms with Gasteiger partial charge in [0.25, 0.3) is 0 Å². The molecule has 1 atom stereocenters. The quantitative estimate of drug-likeness (QED) is 0.744. The standard InChI is InChI=1S/C12H23N3S/c1-5-7-13-8-11-9-14-12(16-11)15(4)10(3)6-2/h9-10,13H,5-8H2,1-4H3. The van der Waals surface area contributed by atoms with Gasteiger partial charge in [-0.1, -0.05) is 13.8 Å². The summed E-state index contributed by atoms with van der Waals surface area (Å²) in [6.45, 7) is 8.64. The molecular weight excluding hydrogens is 218 g/mol. The zero-order chi connectivity index (χ0) is 12.0. The predicted octanol–water partition coefficient (Wildman–Crippen LogP) is 2.88. The molecule has 0 saturated heterocycles. The van der Waals surface area contributed by atoms with Gasteiger partial charge >= 0.3 is 0 Å². The normalized spacial score (nSPS) is 12.8. The van der Waals surface area contributed by atoms with E-state index in [2.05, 4.69) is 43.0 Å². The average Bonchev–Trinajstić information content (AvgIpc) is 2.76. The molecule has 0 spiro atoms. The lowest BCUT2D eigenvalue weighted by Gasteiger charge is -2.22. The highest BCUT2D eigenvalue weighted by Crippen LogP contribution is 2.23. The Balaban J connectivity index is 2.50. The molecule has 1 heterocycles. The first-order chi connectivity index (χ1) is 7.69. The number of rotatable bonds is 7. The summed E-state index contributed by atoms with van der Waals surface area (Å²) in [7, 11) is 2.12. The molecule has 0 aromatic carbocycles. The predicted molar refractivity (Wildman–Crippen MR) is 72.3 cm³/mol. The van der Waals surface area contributed by atoms with E-state index in [-0.39, 0.29) is 0 Å². The van der Waals surface area contributed by atoms with Crippen LogP contribution in [-0.2, 0) is 6.54 Å². The topological polar surface area (TPSA) is 28.2 Å². The number of thiazole rings is 1. The molecule has 1 N–H and O–H groups in total. The zero-order valence-electron chi connectivity index (χ0n) is 10.8. The number of aromatic nitrogens is 1. The highest BCUT2D eigenvalue weighted by molar-refractivity contribution is 7.15. The Labute approximate surface area is 103 Å². The Hall–Kier alpha value is -0.610. The van der Waals surface area contributed by atoms with Crippen LogP contribution in [0.5, 0.6) is 0 Å². The van der Waals surface area contributed by atoms with Gasteiger partial charge in [0.15, 0.2) is 5.13 Å². The van der Waals surface area contributed by atoms with Gasteiger partial charge < -0.3 is 10.2 Å². The Morgan fingerprint density at radius 1 is 1.50 bits per heavy atom. The first kappa shape index (κ1) is 13.5. The number of hydrogen-bond acceptors (Lipinski definition) is 4. The summed E-state index contributed by atoms with van der Waals surface area (Å²) in [5, 5.41) is 4.53. The van der Waals surface area contributed by atoms with E-state index in [9.17, 15) is 0 Å². The van der Waals surface area contributed by atoms with E-state index in [0.717, 1.165) is 24.6 Å². The first-order valence-electron chi connectivity index (χ1n) is 6.07. The summed E-state index contributed by atoms with van der Waals surface area (Å²) in [6.07, 6.45) is 4.32. The molecule has 1 rings (SSSR count). The minimum atomic E-state index is 0.558. The van der Waals surface area contributed by atoms with Crippen molar-refractivity contribution in [3.8, 4) is 0 Å². The number of nitrogens with one attached hydrogen (secondary N) is 1. The molecule has 1 unspecified atom stereocenters. The van der Waals surface area contributed by atoms with Crippen LogP contribution in [0.2, 0.25) is 0 Å². The summed E-state index contributed by atoms with van der Waals surface area (Å²) in [5.41, 5.74) is 0. The number of nitrogens with zero attached hydrogens (tertiary/aromatic N) is 2. The molecule has 0 aliphatic heterocycles. The summed E-state index contributed by atoms with van der Waals surface area (Å²) in [5.74, 6) is 0. The third kappa shape index (κ3) is 3.76. The van der Waals surface area contributed by atoms with Crippen LogP contribution in [0.4, 0.5) is 5.13 Å². The van der Waals surface area contributed by atoms with E-state index in [1.165, 1.54) is 11.3 Å². The summed E-state index contributed by atoms with van der Waals surface area (Å²) in [6, 6.07) is 0.558. The Kier molecular flexibility index (Phi) is 5.77. The van der Waals surface area contributed by atoms with Crippen LogP contribution < -0.4 is 10.2 Å². The first-order valence-corrected chi connectivity index (χ1v) is 6.88. The lowest BCUT2D eigenvalue weighted by atomic mass is 10.2. The molecule has 0 amide bonds. The highest BCUT2D eigenvalue weighted by atomic mass is 32.1. The molecule has 0 radical (unpaired) electrons. The molecule has 0 fully saturated rings. The lowest BCUT2D eigenvalue weighted by Crippen LogP contribution is -2.27. The Morgan fingerprint density at radius 2 is 2.25 bits per heavy atom. The van der Waals surface area contributed by atoms with Gasteiger partial charge in [-0.3, -0.25) is 0 Å². The van der Waals surface area contributed by atoms with E-state index in [4.69, 9.17) is 0 Å². The highest BCUT2D eigenvalue weighted by Gasteiger charge is 2.11. The second-order valence-corrected chi connectivity index (χ2v) is 5.25. The minimum Gasteiger partial charge on any atom is -0.348 e. The van der Waals surface area contributed by atoms with Crippen molar-refractivity contribution in [3.63, 3.8) is 0 Å². The van der Waals surface area contributed by atoms with Crippen LogP contribution >= 0.6 is 11.3 Å². The van der Waals surface area contributed by atoms with Gasteiger partial charge in [0.2, 0.25) is 0 Å². The molecule has 0 bridgehead atoms. The smallest absolute Gasteiger partial charge is 0.185 e. The van der Waals surface area contributed by atoms with Crippen LogP contribution in [0, 0.1) is 0 Å². The SMILES string of the molecule is CCCNCc1cnc(N(C)C(C)CC)s1. The van der Waals surface area contributed by atoms with Gasteiger partial charge in [0.1, 0.15) is 0 Å². The maximum Gasteiger partial charge on any atom is 0.185 e. The van der Waals surface area contributed by atoms with Crippen molar-refractivity contribution >= 4 is 16.5 Å². The van der Waals surface area contributed by atoms with Crippen LogP contribution in [0.3, 0.4) is 0 Å². The summed E-state index contributed by atoms with van der Waals surface area (Å²) in [4.78, 5) is 8.04. The van der Waals surface area contributed by atoms with Gasteiger partial charge in [0, 0.05) is 30.7 Å². The van der Waals surface area contributed by atoms with E-state index in [0.29, 0.717) is 6.04 Å². The van der Waals surface area contributed by atoms with Crippen LogP contribution in [-0.4, -0.2) is 24.6 Å².